The van der Waals surface area contributed by atoms with Crippen molar-refractivity contribution < 1.29 is 4.79 Å². The molecular formula is C13H15ClN2O. The second-order valence-corrected chi connectivity index (χ2v) is 4.65. The normalized spacial score (nSPS) is 13.6. The van der Waals surface area contributed by atoms with E-state index in [2.05, 4.69) is 11.4 Å². The number of nitrogens with one attached hydrogen (secondary N) is 1. The standard InChI is InChI=1S/C13H15ClN2O/c1-4-13(3,8-15)16-12(17)11-7-10(14)6-5-9(11)2/h5-7H,4H2,1-3H3,(H,16,17). The molecule has 0 bridgehead atoms. The summed E-state index contributed by atoms with van der Waals surface area (Å²) in [4.78, 5) is 12.0. The first-order chi connectivity index (χ1) is 7.91. The van der Waals surface area contributed by atoms with Crippen LogP contribution in [0.2, 0.25) is 5.02 Å². The van der Waals surface area contributed by atoms with Crippen molar-refractivity contribution in [2.24, 2.45) is 0 Å². The van der Waals surface area contributed by atoms with E-state index in [4.69, 9.17) is 16.9 Å². The summed E-state index contributed by atoms with van der Waals surface area (Å²) in [5.41, 5.74) is 0.502. The lowest BCUT2D eigenvalue weighted by Gasteiger charge is -2.21. The van der Waals surface area contributed by atoms with Gasteiger partial charge in [0.25, 0.3) is 5.91 Å². The van der Waals surface area contributed by atoms with Crippen LogP contribution in [0.3, 0.4) is 0 Å². The maximum atomic E-state index is 12.0. The second-order valence-electron chi connectivity index (χ2n) is 4.21. The van der Waals surface area contributed by atoms with Crippen molar-refractivity contribution in [1.29, 1.82) is 5.26 Å². The second kappa shape index (κ2) is 5.20. The fourth-order valence-electron chi connectivity index (χ4n) is 1.35. The van der Waals surface area contributed by atoms with Crippen LogP contribution in [0.5, 0.6) is 0 Å². The molecule has 0 aliphatic heterocycles. The zero-order valence-electron chi connectivity index (χ0n) is 10.2. The first-order valence-electron chi connectivity index (χ1n) is 5.42. The molecule has 0 aromatic heterocycles. The SMILES string of the molecule is CCC(C)(C#N)NC(=O)c1cc(Cl)ccc1C. The third kappa shape index (κ3) is 3.21. The lowest BCUT2D eigenvalue weighted by molar-refractivity contribution is 0.0922. The maximum Gasteiger partial charge on any atom is 0.252 e. The van der Waals surface area contributed by atoms with Gasteiger partial charge < -0.3 is 5.32 Å². The van der Waals surface area contributed by atoms with E-state index in [1.165, 1.54) is 0 Å². The van der Waals surface area contributed by atoms with Crippen LogP contribution in [0, 0.1) is 18.3 Å². The molecule has 17 heavy (non-hydrogen) atoms. The van der Waals surface area contributed by atoms with E-state index < -0.39 is 5.54 Å². The number of hydrogen-bond acceptors (Lipinski definition) is 2. The first kappa shape index (κ1) is 13.5. The third-order valence-corrected chi connectivity index (χ3v) is 3.02. The van der Waals surface area contributed by atoms with E-state index in [1.54, 1.807) is 25.1 Å². The maximum absolute atomic E-state index is 12.0. The molecule has 1 N–H and O–H groups in total. The number of carbonyl (C=O) groups excluding carboxylic acids is 1. The van der Waals surface area contributed by atoms with Crippen molar-refractivity contribution in [3.05, 3.63) is 34.3 Å². The highest BCUT2D eigenvalue weighted by Crippen LogP contribution is 2.17. The van der Waals surface area contributed by atoms with Gasteiger partial charge in [0, 0.05) is 10.6 Å². The number of aryl methyl sites for hydroxylation is 1. The number of benzene rings is 1. The van der Waals surface area contributed by atoms with Crippen LogP contribution in [-0.2, 0) is 0 Å². The van der Waals surface area contributed by atoms with E-state index >= 15 is 0 Å². The predicted octanol–water partition coefficient (Wildman–Crippen LogP) is 3.07. The van der Waals surface area contributed by atoms with Gasteiger partial charge in [-0.05, 0) is 38.0 Å². The molecule has 0 heterocycles. The molecule has 0 saturated heterocycles. The lowest BCUT2D eigenvalue weighted by Crippen LogP contribution is -2.44. The van der Waals surface area contributed by atoms with Gasteiger partial charge >= 0.3 is 0 Å². The van der Waals surface area contributed by atoms with Crippen molar-refractivity contribution in [2.45, 2.75) is 32.7 Å². The van der Waals surface area contributed by atoms with Gasteiger partial charge in [0.1, 0.15) is 5.54 Å². The average Bonchev–Trinajstić information content (AvgIpc) is 2.32. The van der Waals surface area contributed by atoms with Crippen LogP contribution in [-0.4, -0.2) is 11.4 Å². The zero-order valence-corrected chi connectivity index (χ0v) is 10.9. The molecule has 1 aromatic carbocycles. The molecule has 3 nitrogen and oxygen atoms in total. The predicted molar refractivity (Wildman–Crippen MR) is 68.0 cm³/mol. The number of nitriles is 1. The van der Waals surface area contributed by atoms with Crippen molar-refractivity contribution in [3.63, 3.8) is 0 Å². The van der Waals surface area contributed by atoms with Gasteiger partial charge in [0.15, 0.2) is 0 Å². The zero-order chi connectivity index (χ0) is 13.1. The van der Waals surface area contributed by atoms with Crippen LogP contribution >= 0.6 is 11.6 Å². The van der Waals surface area contributed by atoms with Crippen molar-refractivity contribution >= 4 is 17.5 Å². The summed E-state index contributed by atoms with van der Waals surface area (Å²) < 4.78 is 0. The van der Waals surface area contributed by atoms with Crippen LogP contribution in [0.4, 0.5) is 0 Å². The fraction of sp³-hybridized carbons (Fsp3) is 0.385. The number of carbonyl (C=O) groups is 1. The Hall–Kier alpha value is -1.53. The van der Waals surface area contributed by atoms with E-state index in [-0.39, 0.29) is 5.91 Å². The number of rotatable bonds is 3. The highest BCUT2D eigenvalue weighted by atomic mass is 35.5. The highest BCUT2D eigenvalue weighted by Gasteiger charge is 2.24. The Morgan fingerprint density at radius 2 is 2.24 bits per heavy atom. The Labute approximate surface area is 106 Å². The van der Waals surface area contributed by atoms with Gasteiger partial charge in [0.2, 0.25) is 0 Å². The summed E-state index contributed by atoms with van der Waals surface area (Å²) in [6, 6.07) is 7.23. The molecule has 0 spiro atoms. The molecule has 1 atom stereocenters. The fourth-order valence-corrected chi connectivity index (χ4v) is 1.52. The minimum absolute atomic E-state index is 0.268. The van der Waals surface area contributed by atoms with Crippen molar-refractivity contribution in [2.75, 3.05) is 0 Å². The van der Waals surface area contributed by atoms with Crippen LogP contribution in [0.25, 0.3) is 0 Å². The topological polar surface area (TPSA) is 52.9 Å². The molecule has 1 unspecified atom stereocenters. The van der Waals surface area contributed by atoms with E-state index in [9.17, 15) is 4.79 Å². The Morgan fingerprint density at radius 1 is 1.59 bits per heavy atom. The van der Waals surface area contributed by atoms with Crippen molar-refractivity contribution in [3.8, 4) is 6.07 Å². The minimum Gasteiger partial charge on any atom is -0.334 e. The van der Waals surface area contributed by atoms with Gasteiger partial charge in [-0.1, -0.05) is 24.6 Å². The van der Waals surface area contributed by atoms with Gasteiger partial charge in [-0.2, -0.15) is 5.26 Å². The summed E-state index contributed by atoms with van der Waals surface area (Å²) in [6.45, 7) is 5.39. The molecule has 1 rings (SSSR count). The summed E-state index contributed by atoms with van der Waals surface area (Å²) in [5.74, 6) is -0.268. The Morgan fingerprint density at radius 3 is 2.76 bits per heavy atom. The Bertz CT molecular complexity index is 479. The van der Waals surface area contributed by atoms with E-state index in [0.717, 1.165) is 5.56 Å². The third-order valence-electron chi connectivity index (χ3n) is 2.79. The van der Waals surface area contributed by atoms with Crippen LogP contribution in [0.15, 0.2) is 18.2 Å². The minimum atomic E-state index is -0.841. The van der Waals surface area contributed by atoms with Crippen LogP contribution in [0.1, 0.15) is 36.2 Å². The molecule has 90 valence electrons. The van der Waals surface area contributed by atoms with Gasteiger partial charge in [-0.15, -0.1) is 0 Å². The number of halogens is 1. The lowest BCUT2D eigenvalue weighted by atomic mass is 9.99. The molecule has 0 saturated carbocycles. The van der Waals surface area contributed by atoms with E-state index in [0.29, 0.717) is 17.0 Å². The summed E-state index contributed by atoms with van der Waals surface area (Å²) in [6.07, 6.45) is 0.550. The summed E-state index contributed by atoms with van der Waals surface area (Å²) in [5, 5.41) is 12.2. The van der Waals surface area contributed by atoms with Gasteiger partial charge in [0.05, 0.1) is 6.07 Å². The Balaban J connectivity index is 2.99. The number of nitrogens with zero attached hydrogens (tertiary/aromatic N) is 1. The summed E-state index contributed by atoms with van der Waals surface area (Å²) >= 11 is 5.85. The molecule has 1 amide bonds. The first-order valence-corrected chi connectivity index (χ1v) is 5.79. The molecule has 0 radical (unpaired) electrons. The number of amides is 1. The molecular weight excluding hydrogens is 236 g/mol. The monoisotopic (exact) mass is 250 g/mol. The van der Waals surface area contributed by atoms with Gasteiger partial charge in [-0.3, -0.25) is 4.79 Å². The molecule has 0 aliphatic rings. The Kier molecular flexibility index (Phi) is 4.14. The molecule has 4 heteroatoms. The van der Waals surface area contributed by atoms with Gasteiger partial charge in [-0.25, -0.2) is 0 Å². The largest absolute Gasteiger partial charge is 0.334 e. The van der Waals surface area contributed by atoms with E-state index in [1.807, 2.05) is 13.8 Å². The smallest absolute Gasteiger partial charge is 0.252 e. The van der Waals surface area contributed by atoms with Crippen LogP contribution < -0.4 is 5.32 Å². The quantitative estimate of drug-likeness (QED) is 0.896. The highest BCUT2D eigenvalue weighted by molar-refractivity contribution is 6.31. The molecule has 0 fully saturated rings. The molecule has 0 aliphatic carbocycles. The molecule has 1 aromatic rings. The summed E-state index contributed by atoms with van der Waals surface area (Å²) in [7, 11) is 0. The average molecular weight is 251 g/mol. The number of hydrogen-bond donors (Lipinski definition) is 1. The van der Waals surface area contributed by atoms with Crippen molar-refractivity contribution in [1.82, 2.24) is 5.32 Å².